The molecule has 0 saturated carbocycles. The van der Waals surface area contributed by atoms with Crippen molar-refractivity contribution in [2.75, 3.05) is 7.11 Å². The number of methoxy groups -OCH3 is 1. The zero-order valence-electron chi connectivity index (χ0n) is 8.93. The molecule has 0 bridgehead atoms. The number of nitriles is 1. The quantitative estimate of drug-likeness (QED) is 0.836. The third-order valence-corrected chi connectivity index (χ3v) is 1.90. The molecule has 0 aliphatic rings. The molecule has 0 heterocycles. The van der Waals surface area contributed by atoms with Crippen LogP contribution in [0.15, 0.2) is 18.2 Å². The Balaban J connectivity index is 3.08. The Kier molecular flexibility index (Phi) is 3.72. The van der Waals surface area contributed by atoms with E-state index in [-0.39, 0.29) is 11.3 Å². The van der Waals surface area contributed by atoms with Crippen molar-refractivity contribution in [1.29, 1.82) is 5.26 Å². The largest absolute Gasteiger partial charge is 0.493 e. The van der Waals surface area contributed by atoms with Gasteiger partial charge in [-0.15, -0.1) is 0 Å². The molecule has 84 valence electrons. The summed E-state index contributed by atoms with van der Waals surface area (Å²) in [5.41, 5.74) is 0.0842. The maximum Gasteiger partial charge on any atom is 0.335 e. The third-order valence-electron chi connectivity index (χ3n) is 1.90. The van der Waals surface area contributed by atoms with Crippen LogP contribution in [0.1, 0.15) is 17.3 Å². The predicted molar refractivity (Wildman–Crippen MR) is 55.7 cm³/mol. The first kappa shape index (κ1) is 11.9. The van der Waals surface area contributed by atoms with E-state index in [4.69, 9.17) is 19.8 Å². The van der Waals surface area contributed by atoms with Gasteiger partial charge in [0.1, 0.15) is 6.07 Å². The molecule has 1 N–H and O–H groups in total. The zero-order chi connectivity index (χ0) is 12.1. The maximum atomic E-state index is 10.7. The van der Waals surface area contributed by atoms with Crippen LogP contribution in [0.3, 0.4) is 0 Å². The van der Waals surface area contributed by atoms with Crippen molar-refractivity contribution in [3.8, 4) is 17.6 Å². The van der Waals surface area contributed by atoms with Crippen molar-refractivity contribution in [2.45, 2.75) is 13.0 Å². The van der Waals surface area contributed by atoms with E-state index in [0.29, 0.717) is 5.75 Å². The molecule has 1 rings (SSSR count). The Labute approximate surface area is 92.8 Å². The lowest BCUT2D eigenvalue weighted by Crippen LogP contribution is -2.10. The number of carboxylic acids is 1. The van der Waals surface area contributed by atoms with Gasteiger partial charge in [-0.2, -0.15) is 5.26 Å². The minimum Gasteiger partial charge on any atom is -0.493 e. The smallest absolute Gasteiger partial charge is 0.335 e. The van der Waals surface area contributed by atoms with Gasteiger partial charge in [-0.3, -0.25) is 0 Å². The molecule has 1 aromatic carbocycles. The molecule has 0 spiro atoms. The summed E-state index contributed by atoms with van der Waals surface area (Å²) in [6.45, 7) is 1.56. The van der Waals surface area contributed by atoms with E-state index < -0.39 is 12.1 Å². The van der Waals surface area contributed by atoms with Crippen molar-refractivity contribution in [3.63, 3.8) is 0 Å². The summed E-state index contributed by atoms with van der Waals surface area (Å²) >= 11 is 0. The average Bonchev–Trinajstić information content (AvgIpc) is 2.28. The van der Waals surface area contributed by atoms with Gasteiger partial charge in [0.05, 0.1) is 12.7 Å². The highest BCUT2D eigenvalue weighted by Gasteiger charge is 2.12. The summed E-state index contributed by atoms with van der Waals surface area (Å²) in [6.07, 6.45) is -0.669. The lowest BCUT2D eigenvalue weighted by molar-refractivity contribution is 0.0696. The van der Waals surface area contributed by atoms with E-state index in [0.717, 1.165) is 0 Å². The van der Waals surface area contributed by atoms with Gasteiger partial charge in [0.2, 0.25) is 0 Å². The topological polar surface area (TPSA) is 79.6 Å². The van der Waals surface area contributed by atoms with Gasteiger partial charge in [0, 0.05) is 0 Å². The molecular weight excluding hydrogens is 210 g/mol. The van der Waals surface area contributed by atoms with Crippen LogP contribution in [0.4, 0.5) is 0 Å². The van der Waals surface area contributed by atoms with Gasteiger partial charge in [-0.05, 0) is 25.1 Å². The fraction of sp³-hybridized carbons (Fsp3) is 0.273. The molecule has 16 heavy (non-hydrogen) atoms. The lowest BCUT2D eigenvalue weighted by Gasteiger charge is -2.12. The monoisotopic (exact) mass is 221 g/mol. The second kappa shape index (κ2) is 5.03. The van der Waals surface area contributed by atoms with Gasteiger partial charge in [-0.25, -0.2) is 4.79 Å². The van der Waals surface area contributed by atoms with Gasteiger partial charge in [-0.1, -0.05) is 0 Å². The van der Waals surface area contributed by atoms with Crippen LogP contribution in [0.5, 0.6) is 11.5 Å². The Morgan fingerprint density at radius 3 is 2.69 bits per heavy atom. The van der Waals surface area contributed by atoms with Gasteiger partial charge in [0.25, 0.3) is 0 Å². The number of hydrogen-bond acceptors (Lipinski definition) is 4. The molecule has 1 unspecified atom stereocenters. The first-order valence-electron chi connectivity index (χ1n) is 4.56. The number of rotatable bonds is 4. The van der Waals surface area contributed by atoms with Crippen LogP contribution in [-0.4, -0.2) is 24.3 Å². The van der Waals surface area contributed by atoms with Gasteiger partial charge >= 0.3 is 5.97 Å². The summed E-state index contributed by atoms with van der Waals surface area (Å²) in [5.74, 6) is -0.416. The third kappa shape index (κ3) is 2.64. The Hall–Kier alpha value is -2.22. The van der Waals surface area contributed by atoms with Crippen LogP contribution < -0.4 is 9.47 Å². The normalized spacial score (nSPS) is 11.3. The molecule has 1 atom stereocenters. The molecule has 1 aromatic rings. The number of carboxylic acid groups (broad SMARTS) is 1. The highest BCUT2D eigenvalue weighted by Crippen LogP contribution is 2.28. The maximum absolute atomic E-state index is 10.7. The number of hydrogen-bond donors (Lipinski definition) is 1. The van der Waals surface area contributed by atoms with Crippen LogP contribution in [0, 0.1) is 11.3 Å². The van der Waals surface area contributed by atoms with Crippen LogP contribution in [0.2, 0.25) is 0 Å². The second-order valence-electron chi connectivity index (χ2n) is 3.06. The molecular formula is C11H11NO4. The van der Waals surface area contributed by atoms with Crippen molar-refractivity contribution in [1.82, 2.24) is 0 Å². The van der Waals surface area contributed by atoms with Crippen LogP contribution in [0.25, 0.3) is 0 Å². The van der Waals surface area contributed by atoms with Gasteiger partial charge < -0.3 is 14.6 Å². The van der Waals surface area contributed by atoms with Crippen molar-refractivity contribution in [2.24, 2.45) is 0 Å². The van der Waals surface area contributed by atoms with Crippen molar-refractivity contribution < 1.29 is 19.4 Å². The SMILES string of the molecule is COc1ccc(C(=O)O)cc1OC(C)C#N. The Bertz CT molecular complexity index is 436. The molecule has 0 radical (unpaired) electrons. The van der Waals surface area contributed by atoms with E-state index in [1.165, 1.54) is 25.3 Å². The molecule has 0 fully saturated rings. The number of nitrogens with zero attached hydrogens (tertiary/aromatic N) is 1. The summed E-state index contributed by atoms with van der Waals surface area (Å²) in [6, 6.07) is 6.11. The van der Waals surface area contributed by atoms with Crippen LogP contribution in [-0.2, 0) is 0 Å². The summed E-state index contributed by atoms with van der Waals surface area (Å²) in [5, 5.41) is 17.4. The molecule has 5 heteroatoms. The Morgan fingerprint density at radius 2 is 2.19 bits per heavy atom. The number of aromatic carboxylic acids is 1. The molecule has 0 amide bonds. The summed E-state index contributed by atoms with van der Waals surface area (Å²) in [7, 11) is 1.44. The second-order valence-corrected chi connectivity index (χ2v) is 3.06. The van der Waals surface area contributed by atoms with E-state index >= 15 is 0 Å². The summed E-state index contributed by atoms with van der Waals surface area (Å²) < 4.78 is 10.2. The Morgan fingerprint density at radius 1 is 1.50 bits per heavy atom. The standard InChI is InChI=1S/C11H11NO4/c1-7(6-12)16-10-5-8(11(13)14)3-4-9(10)15-2/h3-5,7H,1-2H3,(H,13,14). The number of ether oxygens (including phenoxy) is 2. The minimum atomic E-state index is -1.06. The highest BCUT2D eigenvalue weighted by molar-refractivity contribution is 5.88. The van der Waals surface area contributed by atoms with Gasteiger partial charge in [0.15, 0.2) is 17.6 Å². The molecule has 5 nitrogen and oxygen atoms in total. The van der Waals surface area contributed by atoms with E-state index in [1.54, 1.807) is 6.92 Å². The summed E-state index contributed by atoms with van der Waals surface area (Å²) in [4.78, 5) is 10.7. The molecule has 0 saturated heterocycles. The van der Waals surface area contributed by atoms with Crippen molar-refractivity contribution >= 4 is 5.97 Å². The fourth-order valence-corrected chi connectivity index (χ4v) is 1.12. The van der Waals surface area contributed by atoms with Crippen molar-refractivity contribution in [3.05, 3.63) is 23.8 Å². The number of carbonyl (C=O) groups is 1. The van der Waals surface area contributed by atoms with Crippen LogP contribution >= 0.6 is 0 Å². The molecule has 0 aromatic heterocycles. The predicted octanol–water partition coefficient (Wildman–Crippen LogP) is 1.68. The first-order valence-corrected chi connectivity index (χ1v) is 4.56. The van der Waals surface area contributed by atoms with E-state index in [9.17, 15) is 4.79 Å². The first-order chi connectivity index (χ1) is 7.58. The average molecular weight is 221 g/mol. The minimum absolute atomic E-state index is 0.0842. The van der Waals surface area contributed by atoms with E-state index in [2.05, 4.69) is 0 Å². The molecule has 0 aliphatic heterocycles. The highest BCUT2D eigenvalue weighted by atomic mass is 16.5. The number of benzene rings is 1. The lowest BCUT2D eigenvalue weighted by atomic mass is 10.2. The fourth-order valence-electron chi connectivity index (χ4n) is 1.12. The van der Waals surface area contributed by atoms with E-state index in [1.807, 2.05) is 6.07 Å². The zero-order valence-corrected chi connectivity index (χ0v) is 8.93. The molecule has 0 aliphatic carbocycles.